The Morgan fingerprint density at radius 1 is 1.24 bits per heavy atom. The molecule has 1 aromatic heterocycles. The van der Waals surface area contributed by atoms with Crippen molar-refractivity contribution in [3.05, 3.63) is 36.2 Å². The molecule has 0 unspecified atom stereocenters. The Balaban J connectivity index is 1.60. The maximum absolute atomic E-state index is 12.7. The summed E-state index contributed by atoms with van der Waals surface area (Å²) in [7, 11) is 0. The molecule has 2 heterocycles. The van der Waals surface area contributed by atoms with Crippen LogP contribution in [0.3, 0.4) is 0 Å². The quantitative estimate of drug-likeness (QED) is 0.932. The Bertz CT molecular complexity index is 811. The van der Waals surface area contributed by atoms with Crippen LogP contribution in [0, 0.1) is 11.3 Å². The minimum Gasteiger partial charge on any atom is -0.508 e. The minimum atomic E-state index is -0.130. The van der Waals surface area contributed by atoms with Crippen LogP contribution < -0.4 is 0 Å². The van der Waals surface area contributed by atoms with Gasteiger partial charge in [-0.25, -0.2) is 4.68 Å². The van der Waals surface area contributed by atoms with Gasteiger partial charge in [-0.1, -0.05) is 19.1 Å². The van der Waals surface area contributed by atoms with Crippen LogP contribution in [0.2, 0.25) is 0 Å². The van der Waals surface area contributed by atoms with Gasteiger partial charge in [0.05, 0.1) is 18.4 Å². The first-order chi connectivity index (χ1) is 11.8. The fraction of sp³-hybridized carbons (Fsp3) is 0.526. The second-order valence-electron chi connectivity index (χ2n) is 8.09. The number of amides is 1. The largest absolute Gasteiger partial charge is 0.508 e. The van der Waals surface area contributed by atoms with Crippen LogP contribution in [0.5, 0.6) is 5.75 Å². The third-order valence-corrected chi connectivity index (χ3v) is 6.68. The van der Waals surface area contributed by atoms with Gasteiger partial charge >= 0.3 is 0 Å². The first kappa shape index (κ1) is 16.1. The average Bonchev–Trinajstić information content (AvgIpc) is 3.07. The summed E-state index contributed by atoms with van der Waals surface area (Å²) in [6, 6.07) is 6.80. The number of benzene rings is 1. The molecule has 132 valence electrons. The number of aromatic nitrogens is 3. The summed E-state index contributed by atoms with van der Waals surface area (Å²) in [5.74, 6) is 0.923. The Kier molecular flexibility index (Phi) is 3.42. The summed E-state index contributed by atoms with van der Waals surface area (Å²) in [5, 5.41) is 17.8. The lowest BCUT2D eigenvalue weighted by molar-refractivity contribution is -0.152. The normalized spacial score (nSPS) is 27.7. The highest BCUT2D eigenvalue weighted by Gasteiger charge is 2.59. The lowest BCUT2D eigenvalue weighted by Crippen LogP contribution is -2.60. The van der Waals surface area contributed by atoms with E-state index in [2.05, 4.69) is 31.1 Å². The molecule has 1 saturated carbocycles. The molecule has 0 radical (unpaired) electrons. The number of carbonyl (C=O) groups is 1. The van der Waals surface area contributed by atoms with Gasteiger partial charge in [-0.05, 0) is 55.4 Å². The molecular formula is C19H24N4O2. The predicted molar refractivity (Wildman–Crippen MR) is 93.1 cm³/mol. The van der Waals surface area contributed by atoms with E-state index < -0.39 is 0 Å². The highest BCUT2D eigenvalue weighted by atomic mass is 16.3. The van der Waals surface area contributed by atoms with Crippen molar-refractivity contribution in [2.24, 2.45) is 11.3 Å². The van der Waals surface area contributed by atoms with Crippen LogP contribution in [0.4, 0.5) is 0 Å². The van der Waals surface area contributed by atoms with Crippen LogP contribution in [-0.2, 0) is 11.3 Å². The summed E-state index contributed by atoms with van der Waals surface area (Å²) in [6.45, 7) is 7.28. The van der Waals surface area contributed by atoms with Gasteiger partial charge in [-0.15, -0.1) is 5.10 Å². The standard InChI is InChI=1S/C19H24N4O2/c1-18(2)13-8-9-19(18,3)22(17(25)10-13)11-14-12-23(21-20-14)15-4-6-16(24)7-5-15/h4-7,12-13,24H,8-11H2,1-3H3/t13-,19-/m0/s1. The third kappa shape index (κ3) is 2.34. The molecule has 2 aliphatic rings. The molecular weight excluding hydrogens is 316 g/mol. The number of carbonyl (C=O) groups excluding carboxylic acids is 1. The molecule has 6 nitrogen and oxygen atoms in total. The zero-order chi connectivity index (χ0) is 17.8. The molecule has 1 amide bonds. The van der Waals surface area contributed by atoms with Crippen LogP contribution in [0.25, 0.3) is 5.69 Å². The maximum Gasteiger partial charge on any atom is 0.223 e. The van der Waals surface area contributed by atoms with E-state index in [1.54, 1.807) is 28.9 Å². The van der Waals surface area contributed by atoms with E-state index in [1.165, 1.54) is 0 Å². The molecule has 0 spiro atoms. The number of hydrogen-bond donors (Lipinski definition) is 1. The van der Waals surface area contributed by atoms with Crippen LogP contribution in [0.1, 0.15) is 45.7 Å². The van der Waals surface area contributed by atoms with Crippen molar-refractivity contribution < 1.29 is 9.90 Å². The number of phenols is 1. The molecule has 2 bridgehead atoms. The zero-order valence-corrected chi connectivity index (χ0v) is 14.9. The molecule has 2 fully saturated rings. The molecule has 2 atom stereocenters. The molecule has 1 aliphatic carbocycles. The van der Waals surface area contributed by atoms with Gasteiger partial charge in [0.2, 0.25) is 5.91 Å². The van der Waals surface area contributed by atoms with E-state index in [4.69, 9.17) is 0 Å². The fourth-order valence-electron chi connectivity index (χ4n) is 4.54. The summed E-state index contributed by atoms with van der Waals surface area (Å²) in [6.07, 6.45) is 4.65. The van der Waals surface area contributed by atoms with Crippen molar-refractivity contribution in [1.29, 1.82) is 0 Å². The number of aromatic hydroxyl groups is 1. The average molecular weight is 340 g/mol. The van der Waals surface area contributed by atoms with Gasteiger partial charge in [-0.3, -0.25) is 4.79 Å². The maximum atomic E-state index is 12.7. The van der Waals surface area contributed by atoms with Gasteiger partial charge < -0.3 is 10.0 Å². The summed E-state index contributed by atoms with van der Waals surface area (Å²) >= 11 is 0. The van der Waals surface area contributed by atoms with Crippen LogP contribution in [-0.4, -0.2) is 36.4 Å². The van der Waals surface area contributed by atoms with Crippen LogP contribution in [0.15, 0.2) is 30.5 Å². The monoisotopic (exact) mass is 340 g/mol. The van der Waals surface area contributed by atoms with E-state index in [0.29, 0.717) is 18.9 Å². The first-order valence-electron chi connectivity index (χ1n) is 8.82. The Hall–Kier alpha value is -2.37. The number of phenolic OH excluding ortho intramolecular Hbond substituents is 1. The molecule has 25 heavy (non-hydrogen) atoms. The molecule has 6 heteroatoms. The Labute approximate surface area is 147 Å². The second kappa shape index (κ2) is 5.31. The molecule has 1 saturated heterocycles. The van der Waals surface area contributed by atoms with Crippen molar-refractivity contribution in [3.63, 3.8) is 0 Å². The predicted octanol–water partition coefficient (Wildman–Crippen LogP) is 2.90. The van der Waals surface area contributed by atoms with Crippen molar-refractivity contribution in [3.8, 4) is 11.4 Å². The third-order valence-electron chi connectivity index (χ3n) is 6.68. The van der Waals surface area contributed by atoms with E-state index >= 15 is 0 Å². The van der Waals surface area contributed by atoms with Crippen molar-refractivity contribution in [2.75, 3.05) is 0 Å². The smallest absolute Gasteiger partial charge is 0.223 e. The lowest BCUT2D eigenvalue weighted by Gasteiger charge is -2.52. The highest BCUT2D eigenvalue weighted by molar-refractivity contribution is 5.79. The molecule has 2 aromatic rings. The second-order valence-corrected chi connectivity index (χ2v) is 8.09. The molecule has 4 rings (SSSR count). The van der Waals surface area contributed by atoms with E-state index in [-0.39, 0.29) is 22.6 Å². The summed E-state index contributed by atoms with van der Waals surface area (Å²) < 4.78 is 1.67. The number of hydrogen-bond acceptors (Lipinski definition) is 4. The summed E-state index contributed by atoms with van der Waals surface area (Å²) in [4.78, 5) is 14.7. The summed E-state index contributed by atoms with van der Waals surface area (Å²) in [5.41, 5.74) is 1.60. The minimum absolute atomic E-state index is 0.119. The number of piperidine rings is 1. The van der Waals surface area contributed by atoms with Gasteiger partial charge in [0.1, 0.15) is 11.4 Å². The molecule has 1 aromatic carbocycles. The molecule has 1 N–H and O–H groups in total. The van der Waals surface area contributed by atoms with Gasteiger partial charge in [0, 0.05) is 12.0 Å². The van der Waals surface area contributed by atoms with E-state index in [9.17, 15) is 9.90 Å². The van der Waals surface area contributed by atoms with Crippen molar-refractivity contribution >= 4 is 5.91 Å². The SMILES string of the molecule is CC1(C)[C@H]2CC[C@]1(C)N(Cc1cn(-c3ccc(O)cc3)nn1)C(=O)C2. The number of fused-ring (bicyclic) bond motifs is 2. The first-order valence-corrected chi connectivity index (χ1v) is 8.82. The lowest BCUT2D eigenvalue weighted by atomic mass is 9.66. The number of nitrogens with zero attached hydrogens (tertiary/aromatic N) is 4. The zero-order valence-electron chi connectivity index (χ0n) is 14.9. The van der Waals surface area contributed by atoms with E-state index in [0.717, 1.165) is 24.2 Å². The van der Waals surface area contributed by atoms with Gasteiger partial charge in [-0.2, -0.15) is 0 Å². The Morgan fingerprint density at radius 3 is 2.68 bits per heavy atom. The number of likely N-dealkylation sites (tertiary alicyclic amines) is 1. The fourth-order valence-corrected chi connectivity index (χ4v) is 4.54. The van der Waals surface area contributed by atoms with Crippen molar-refractivity contribution in [2.45, 2.75) is 52.1 Å². The number of rotatable bonds is 3. The van der Waals surface area contributed by atoms with Gasteiger partial charge in [0.15, 0.2) is 0 Å². The van der Waals surface area contributed by atoms with Gasteiger partial charge in [0.25, 0.3) is 0 Å². The molecule has 1 aliphatic heterocycles. The van der Waals surface area contributed by atoms with Crippen molar-refractivity contribution in [1.82, 2.24) is 19.9 Å². The topological polar surface area (TPSA) is 71.2 Å². The van der Waals surface area contributed by atoms with Crippen LogP contribution >= 0.6 is 0 Å². The Morgan fingerprint density at radius 2 is 1.96 bits per heavy atom. The highest BCUT2D eigenvalue weighted by Crippen LogP contribution is 2.57. The van der Waals surface area contributed by atoms with E-state index in [1.807, 2.05) is 11.1 Å².